The molecule has 1 aromatic heterocycles. The second-order valence-corrected chi connectivity index (χ2v) is 7.27. The van der Waals surface area contributed by atoms with Crippen molar-refractivity contribution in [2.45, 2.75) is 26.3 Å². The van der Waals surface area contributed by atoms with E-state index in [2.05, 4.69) is 19.2 Å². The van der Waals surface area contributed by atoms with Crippen molar-refractivity contribution in [3.63, 3.8) is 0 Å². The largest absolute Gasteiger partial charge is 0.331 e. The number of fused-ring (bicyclic) bond motifs is 2. The molecule has 0 unspecified atom stereocenters. The van der Waals surface area contributed by atoms with Crippen molar-refractivity contribution in [1.82, 2.24) is 4.57 Å². The molecule has 0 radical (unpaired) electrons. The molecule has 140 valence electrons. The van der Waals surface area contributed by atoms with Crippen LogP contribution in [0.25, 0.3) is 21.8 Å². The fourth-order valence-corrected chi connectivity index (χ4v) is 3.54. The summed E-state index contributed by atoms with van der Waals surface area (Å²) in [6, 6.07) is 22.8. The summed E-state index contributed by atoms with van der Waals surface area (Å²) in [5.74, 6) is 0.319. The molecule has 0 spiro atoms. The van der Waals surface area contributed by atoms with Crippen molar-refractivity contribution >= 4 is 33.4 Å². The first kappa shape index (κ1) is 18.0. The highest BCUT2D eigenvalue weighted by Gasteiger charge is 2.13. The Kier molecular flexibility index (Phi) is 4.70. The Bertz CT molecular complexity index is 1160. The topological polar surface area (TPSA) is 51.1 Å². The Morgan fingerprint density at radius 2 is 1.39 bits per heavy atom. The number of amides is 1. The summed E-state index contributed by atoms with van der Waals surface area (Å²) in [5, 5.41) is 4.20. The number of para-hydroxylation sites is 2. The third-order valence-electron chi connectivity index (χ3n) is 5.04. The van der Waals surface area contributed by atoms with Crippen LogP contribution in [0.1, 0.15) is 25.3 Å². The van der Waals surface area contributed by atoms with Gasteiger partial charge in [0.1, 0.15) is 6.54 Å². The number of carbonyl (C=O) groups is 1. The van der Waals surface area contributed by atoms with E-state index in [0.29, 0.717) is 16.7 Å². The van der Waals surface area contributed by atoms with E-state index in [1.165, 1.54) is 5.56 Å². The van der Waals surface area contributed by atoms with E-state index in [1.807, 2.05) is 77.4 Å². The molecule has 4 rings (SSSR count). The molecule has 28 heavy (non-hydrogen) atoms. The number of nitrogens with zero attached hydrogens (tertiary/aromatic N) is 1. The standard InChI is InChI=1S/C24H22N2O2/c1-16(2)17-11-13-18(14-12-17)25-23(27)15-26-21-9-5-3-7-19(21)24(28)20-8-4-6-10-22(20)26/h3-14,16H,15H2,1-2H3,(H,25,27). The molecule has 4 heteroatoms. The van der Waals surface area contributed by atoms with Gasteiger partial charge in [-0.3, -0.25) is 9.59 Å². The van der Waals surface area contributed by atoms with Crippen molar-refractivity contribution < 1.29 is 4.79 Å². The van der Waals surface area contributed by atoms with Crippen LogP contribution >= 0.6 is 0 Å². The van der Waals surface area contributed by atoms with Crippen LogP contribution in [0.15, 0.2) is 77.6 Å². The van der Waals surface area contributed by atoms with E-state index >= 15 is 0 Å². The quantitative estimate of drug-likeness (QED) is 0.519. The summed E-state index contributed by atoms with van der Waals surface area (Å²) in [6.07, 6.45) is 0. The summed E-state index contributed by atoms with van der Waals surface area (Å²) in [4.78, 5) is 25.6. The van der Waals surface area contributed by atoms with Crippen LogP contribution in [-0.4, -0.2) is 10.5 Å². The van der Waals surface area contributed by atoms with Gasteiger partial charge in [-0.05, 0) is 47.9 Å². The van der Waals surface area contributed by atoms with E-state index in [0.717, 1.165) is 16.7 Å². The minimum absolute atomic E-state index is 0.00728. The second-order valence-electron chi connectivity index (χ2n) is 7.27. The number of hydrogen-bond donors (Lipinski definition) is 1. The van der Waals surface area contributed by atoms with Gasteiger partial charge in [0.2, 0.25) is 5.91 Å². The number of carbonyl (C=O) groups excluding carboxylic acids is 1. The summed E-state index contributed by atoms with van der Waals surface area (Å²) in [7, 11) is 0. The fourth-order valence-electron chi connectivity index (χ4n) is 3.54. The van der Waals surface area contributed by atoms with E-state index in [1.54, 1.807) is 0 Å². The lowest BCUT2D eigenvalue weighted by molar-refractivity contribution is -0.116. The monoisotopic (exact) mass is 370 g/mol. The summed E-state index contributed by atoms with van der Waals surface area (Å²) >= 11 is 0. The Hall–Kier alpha value is -3.40. The first-order valence-electron chi connectivity index (χ1n) is 9.44. The highest BCUT2D eigenvalue weighted by molar-refractivity contribution is 5.97. The van der Waals surface area contributed by atoms with Crippen molar-refractivity contribution in [2.75, 3.05) is 5.32 Å². The zero-order valence-corrected chi connectivity index (χ0v) is 16.0. The molecule has 4 aromatic rings. The fraction of sp³-hybridized carbons (Fsp3) is 0.167. The number of rotatable bonds is 4. The Balaban J connectivity index is 1.71. The molecule has 1 N–H and O–H groups in total. The van der Waals surface area contributed by atoms with E-state index in [9.17, 15) is 9.59 Å². The molecule has 0 aliphatic carbocycles. The number of hydrogen-bond acceptors (Lipinski definition) is 2. The molecule has 0 atom stereocenters. The van der Waals surface area contributed by atoms with Crippen LogP contribution in [-0.2, 0) is 11.3 Å². The maximum atomic E-state index is 12.8. The SMILES string of the molecule is CC(C)c1ccc(NC(=O)Cn2c3ccccc3c(=O)c3ccccc32)cc1. The lowest BCUT2D eigenvalue weighted by atomic mass is 10.0. The molecule has 0 bridgehead atoms. The molecule has 3 aromatic carbocycles. The van der Waals surface area contributed by atoms with Crippen LogP contribution in [0.2, 0.25) is 0 Å². The van der Waals surface area contributed by atoms with Crippen LogP contribution in [0.3, 0.4) is 0 Å². The van der Waals surface area contributed by atoms with Crippen molar-refractivity contribution in [2.24, 2.45) is 0 Å². The van der Waals surface area contributed by atoms with Crippen molar-refractivity contribution in [3.05, 3.63) is 88.6 Å². The van der Waals surface area contributed by atoms with E-state index < -0.39 is 0 Å². The van der Waals surface area contributed by atoms with Gasteiger partial charge in [0.15, 0.2) is 5.43 Å². The van der Waals surface area contributed by atoms with Crippen molar-refractivity contribution in [1.29, 1.82) is 0 Å². The molecule has 1 amide bonds. The number of aromatic nitrogens is 1. The first-order valence-corrected chi connectivity index (χ1v) is 9.44. The molecule has 1 heterocycles. The number of pyridine rings is 1. The third kappa shape index (κ3) is 3.29. The molecule has 4 nitrogen and oxygen atoms in total. The zero-order chi connectivity index (χ0) is 19.7. The van der Waals surface area contributed by atoms with E-state index in [-0.39, 0.29) is 17.9 Å². The van der Waals surface area contributed by atoms with Gasteiger partial charge in [-0.25, -0.2) is 0 Å². The van der Waals surface area contributed by atoms with Gasteiger partial charge in [0, 0.05) is 16.5 Å². The minimum Gasteiger partial charge on any atom is -0.331 e. The lowest BCUT2D eigenvalue weighted by Gasteiger charge is -2.15. The number of benzene rings is 3. The maximum absolute atomic E-state index is 12.8. The predicted molar refractivity (Wildman–Crippen MR) is 115 cm³/mol. The highest BCUT2D eigenvalue weighted by Crippen LogP contribution is 2.20. The Labute approximate surface area is 163 Å². The summed E-state index contributed by atoms with van der Waals surface area (Å²) in [5.41, 5.74) is 3.51. The van der Waals surface area contributed by atoms with E-state index in [4.69, 9.17) is 0 Å². The van der Waals surface area contributed by atoms with Gasteiger partial charge in [-0.2, -0.15) is 0 Å². The zero-order valence-electron chi connectivity index (χ0n) is 16.0. The molecule has 0 saturated carbocycles. The van der Waals surface area contributed by atoms with Crippen LogP contribution in [0.4, 0.5) is 5.69 Å². The Morgan fingerprint density at radius 1 is 0.857 bits per heavy atom. The van der Waals surface area contributed by atoms with Gasteiger partial charge < -0.3 is 9.88 Å². The molecular formula is C24H22N2O2. The lowest BCUT2D eigenvalue weighted by Crippen LogP contribution is -2.21. The van der Waals surface area contributed by atoms with Gasteiger partial charge in [-0.15, -0.1) is 0 Å². The van der Waals surface area contributed by atoms with Gasteiger partial charge in [0.25, 0.3) is 0 Å². The van der Waals surface area contributed by atoms with Gasteiger partial charge >= 0.3 is 0 Å². The minimum atomic E-state index is -0.128. The van der Waals surface area contributed by atoms with Crippen molar-refractivity contribution in [3.8, 4) is 0 Å². The third-order valence-corrected chi connectivity index (χ3v) is 5.04. The average molecular weight is 370 g/mol. The normalized spacial score (nSPS) is 11.2. The van der Waals surface area contributed by atoms with Crippen LogP contribution < -0.4 is 10.7 Å². The second kappa shape index (κ2) is 7.31. The van der Waals surface area contributed by atoms with Crippen LogP contribution in [0, 0.1) is 0 Å². The van der Waals surface area contributed by atoms with Gasteiger partial charge in [0.05, 0.1) is 11.0 Å². The highest BCUT2D eigenvalue weighted by atomic mass is 16.2. The molecule has 0 aliphatic rings. The number of anilines is 1. The summed E-state index contributed by atoms with van der Waals surface area (Å²) in [6.45, 7) is 4.41. The first-order chi connectivity index (χ1) is 13.5. The molecule has 0 saturated heterocycles. The molecule has 0 aliphatic heterocycles. The number of nitrogens with one attached hydrogen (secondary N) is 1. The summed E-state index contributed by atoms with van der Waals surface area (Å²) < 4.78 is 1.91. The van der Waals surface area contributed by atoms with Gasteiger partial charge in [-0.1, -0.05) is 50.2 Å². The molecule has 0 fully saturated rings. The smallest absolute Gasteiger partial charge is 0.244 e. The Morgan fingerprint density at radius 3 is 1.93 bits per heavy atom. The van der Waals surface area contributed by atoms with Crippen LogP contribution in [0.5, 0.6) is 0 Å². The maximum Gasteiger partial charge on any atom is 0.244 e. The average Bonchev–Trinajstić information content (AvgIpc) is 2.71. The molecular weight excluding hydrogens is 348 g/mol. The predicted octanol–water partition coefficient (Wildman–Crippen LogP) is 4.92.